The molecule has 2 fully saturated rings. The Labute approximate surface area is 176 Å². The fraction of sp³-hybridized carbons (Fsp3) is 0.500. The summed E-state index contributed by atoms with van der Waals surface area (Å²) in [7, 11) is 0. The summed E-state index contributed by atoms with van der Waals surface area (Å²) >= 11 is 0. The first kappa shape index (κ1) is 21.3. The largest absolute Gasteiger partial charge is 0.328 e. The van der Waals surface area contributed by atoms with Crippen LogP contribution in [0.15, 0.2) is 36.7 Å². The van der Waals surface area contributed by atoms with Gasteiger partial charge in [-0.1, -0.05) is 30.3 Å². The Balaban J connectivity index is 0.00000240. The van der Waals surface area contributed by atoms with Crippen LogP contribution in [0.1, 0.15) is 31.2 Å². The molecule has 2 aliphatic rings. The van der Waals surface area contributed by atoms with Gasteiger partial charge in [0.05, 0.1) is 6.54 Å². The third-order valence-electron chi connectivity index (χ3n) is 5.86. The lowest BCUT2D eigenvalue weighted by atomic mass is 9.86. The number of nitrogens with zero attached hydrogens (tertiary/aromatic N) is 5. The van der Waals surface area contributed by atoms with E-state index in [1.165, 1.54) is 4.90 Å². The molecule has 3 heterocycles. The van der Waals surface area contributed by atoms with E-state index in [0.29, 0.717) is 31.8 Å². The molecular weight excluding hydrogens is 392 g/mol. The first-order valence-corrected chi connectivity index (χ1v) is 9.90. The van der Waals surface area contributed by atoms with Gasteiger partial charge in [-0.25, -0.2) is 4.79 Å². The van der Waals surface area contributed by atoms with Gasteiger partial charge in [0.2, 0.25) is 0 Å². The van der Waals surface area contributed by atoms with Crippen molar-refractivity contribution in [3.8, 4) is 0 Å². The van der Waals surface area contributed by atoms with Gasteiger partial charge in [0.1, 0.15) is 11.9 Å². The van der Waals surface area contributed by atoms with Gasteiger partial charge < -0.3 is 14.8 Å². The van der Waals surface area contributed by atoms with Gasteiger partial charge in [-0.3, -0.25) is 9.69 Å². The highest BCUT2D eigenvalue weighted by molar-refractivity contribution is 6.07. The van der Waals surface area contributed by atoms with Crippen molar-refractivity contribution in [2.24, 2.45) is 0 Å². The summed E-state index contributed by atoms with van der Waals surface area (Å²) in [5.74, 6) is 0.538. The molecule has 2 saturated heterocycles. The molecular formula is C20H27ClN6O2. The van der Waals surface area contributed by atoms with Gasteiger partial charge in [0, 0.05) is 13.1 Å². The molecule has 2 aliphatic heterocycles. The Morgan fingerprint density at radius 2 is 1.86 bits per heavy atom. The van der Waals surface area contributed by atoms with E-state index < -0.39 is 5.54 Å². The number of carbonyl (C=O) groups is 2. The van der Waals surface area contributed by atoms with Crippen LogP contribution in [0.5, 0.6) is 0 Å². The number of aromatic nitrogens is 3. The zero-order valence-corrected chi connectivity index (χ0v) is 17.4. The fourth-order valence-electron chi connectivity index (χ4n) is 4.25. The summed E-state index contributed by atoms with van der Waals surface area (Å²) in [5.41, 5.74) is 0.421. The first-order chi connectivity index (χ1) is 13.7. The molecule has 156 valence electrons. The maximum atomic E-state index is 13.4. The number of hydrogen-bond acceptors (Lipinski definition) is 5. The average molecular weight is 419 g/mol. The van der Waals surface area contributed by atoms with E-state index in [4.69, 9.17) is 0 Å². The van der Waals surface area contributed by atoms with E-state index in [1.807, 2.05) is 29.7 Å². The first-order valence-electron chi connectivity index (χ1n) is 9.90. The number of rotatable bonds is 6. The SMILES string of the molecule is CCn1cnnc1CN1C(=O)N(CCc2ccccc2)C2(CCNCC2)C1=O.Cl. The van der Waals surface area contributed by atoms with Gasteiger partial charge >= 0.3 is 6.03 Å². The molecule has 1 aromatic carbocycles. The van der Waals surface area contributed by atoms with Crippen molar-refractivity contribution >= 4 is 24.3 Å². The molecule has 29 heavy (non-hydrogen) atoms. The second kappa shape index (κ2) is 8.92. The Morgan fingerprint density at radius 1 is 1.14 bits per heavy atom. The summed E-state index contributed by atoms with van der Waals surface area (Å²) in [6, 6.07) is 9.87. The van der Waals surface area contributed by atoms with Crippen LogP contribution < -0.4 is 5.32 Å². The van der Waals surface area contributed by atoms with Gasteiger partial charge in [-0.05, 0) is 44.8 Å². The minimum atomic E-state index is -0.742. The molecule has 0 saturated carbocycles. The van der Waals surface area contributed by atoms with E-state index in [9.17, 15) is 9.59 Å². The molecule has 1 spiro atoms. The number of carbonyl (C=O) groups excluding carboxylic acids is 2. The number of urea groups is 1. The number of benzene rings is 1. The lowest BCUT2D eigenvalue weighted by Crippen LogP contribution is -2.56. The van der Waals surface area contributed by atoms with Crippen LogP contribution in [-0.2, 0) is 24.3 Å². The van der Waals surface area contributed by atoms with Crippen molar-refractivity contribution in [3.63, 3.8) is 0 Å². The molecule has 0 radical (unpaired) electrons. The Hall–Kier alpha value is -2.45. The molecule has 3 amide bonds. The third kappa shape index (κ3) is 3.86. The van der Waals surface area contributed by atoms with Crippen LogP contribution >= 0.6 is 12.4 Å². The van der Waals surface area contributed by atoms with Crippen LogP contribution in [0.2, 0.25) is 0 Å². The van der Waals surface area contributed by atoms with Crippen molar-refractivity contribution in [1.29, 1.82) is 0 Å². The fourth-order valence-corrected chi connectivity index (χ4v) is 4.25. The summed E-state index contributed by atoms with van der Waals surface area (Å²) < 4.78 is 1.86. The van der Waals surface area contributed by atoms with E-state index in [-0.39, 0.29) is 30.9 Å². The normalized spacial score (nSPS) is 18.4. The Morgan fingerprint density at radius 3 is 2.55 bits per heavy atom. The summed E-state index contributed by atoms with van der Waals surface area (Å²) in [6.45, 7) is 4.86. The highest BCUT2D eigenvalue weighted by Crippen LogP contribution is 2.36. The standard InChI is InChI=1S/C20H26N6O2.ClH/c1-2-24-15-22-23-17(24)14-25-18(27)20(9-11-21-12-10-20)26(19(25)28)13-8-16-6-4-3-5-7-16;/h3-7,15,21H,2,8-14H2,1H3;1H. The number of hydrogen-bond donors (Lipinski definition) is 1. The van der Waals surface area contributed by atoms with Crippen LogP contribution in [0.3, 0.4) is 0 Å². The number of piperidine rings is 1. The molecule has 1 aromatic heterocycles. The molecule has 4 rings (SSSR count). The second-order valence-electron chi connectivity index (χ2n) is 7.38. The molecule has 0 aliphatic carbocycles. The van der Waals surface area contributed by atoms with Gasteiger partial charge in [-0.2, -0.15) is 0 Å². The monoisotopic (exact) mass is 418 g/mol. The zero-order valence-electron chi connectivity index (χ0n) is 16.6. The van der Waals surface area contributed by atoms with Crippen molar-refractivity contribution in [1.82, 2.24) is 29.9 Å². The van der Waals surface area contributed by atoms with Gasteiger partial charge in [-0.15, -0.1) is 22.6 Å². The molecule has 0 atom stereocenters. The number of amides is 3. The van der Waals surface area contributed by atoms with E-state index in [0.717, 1.165) is 25.1 Å². The lowest BCUT2D eigenvalue weighted by molar-refractivity contribution is -0.135. The van der Waals surface area contributed by atoms with Crippen molar-refractivity contribution in [2.45, 2.75) is 44.8 Å². The van der Waals surface area contributed by atoms with Crippen molar-refractivity contribution in [3.05, 3.63) is 48.0 Å². The highest BCUT2D eigenvalue weighted by atomic mass is 35.5. The quantitative estimate of drug-likeness (QED) is 0.724. The topological polar surface area (TPSA) is 83.4 Å². The highest BCUT2D eigenvalue weighted by Gasteiger charge is 2.57. The smallest absolute Gasteiger partial charge is 0.317 e. The lowest BCUT2D eigenvalue weighted by Gasteiger charge is -2.38. The minimum absolute atomic E-state index is 0. The Kier molecular flexibility index (Phi) is 6.54. The third-order valence-corrected chi connectivity index (χ3v) is 5.86. The van der Waals surface area contributed by atoms with E-state index in [1.54, 1.807) is 11.2 Å². The molecule has 0 unspecified atom stereocenters. The number of halogens is 1. The van der Waals surface area contributed by atoms with Crippen LogP contribution in [-0.4, -0.2) is 61.7 Å². The van der Waals surface area contributed by atoms with E-state index in [2.05, 4.69) is 27.6 Å². The van der Waals surface area contributed by atoms with E-state index >= 15 is 0 Å². The van der Waals surface area contributed by atoms with Gasteiger partial charge in [0.15, 0.2) is 5.82 Å². The molecule has 0 bridgehead atoms. The van der Waals surface area contributed by atoms with Crippen LogP contribution in [0.4, 0.5) is 4.79 Å². The van der Waals surface area contributed by atoms with Crippen molar-refractivity contribution in [2.75, 3.05) is 19.6 Å². The zero-order chi connectivity index (χ0) is 19.6. The summed E-state index contributed by atoms with van der Waals surface area (Å²) in [6.07, 6.45) is 3.65. The Bertz CT molecular complexity index is 850. The molecule has 8 nitrogen and oxygen atoms in total. The summed E-state index contributed by atoms with van der Waals surface area (Å²) in [4.78, 5) is 29.9. The van der Waals surface area contributed by atoms with Crippen LogP contribution in [0, 0.1) is 0 Å². The minimum Gasteiger partial charge on any atom is -0.317 e. The second-order valence-corrected chi connectivity index (χ2v) is 7.38. The average Bonchev–Trinajstić information content (AvgIpc) is 3.26. The predicted octanol–water partition coefficient (Wildman–Crippen LogP) is 1.85. The summed E-state index contributed by atoms with van der Waals surface area (Å²) in [5, 5.41) is 11.3. The molecule has 1 N–H and O–H groups in total. The number of nitrogens with one attached hydrogen (secondary N) is 1. The van der Waals surface area contributed by atoms with Gasteiger partial charge in [0.25, 0.3) is 5.91 Å². The maximum Gasteiger partial charge on any atom is 0.328 e. The predicted molar refractivity (Wildman–Crippen MR) is 111 cm³/mol. The number of imide groups is 1. The maximum absolute atomic E-state index is 13.4. The van der Waals surface area contributed by atoms with Crippen LogP contribution in [0.25, 0.3) is 0 Å². The molecule has 2 aromatic rings. The number of aryl methyl sites for hydroxylation is 1. The van der Waals surface area contributed by atoms with Crippen molar-refractivity contribution < 1.29 is 9.59 Å². The molecule has 9 heteroatoms.